The maximum absolute atomic E-state index is 11.9. The number of benzene rings is 1. The Hall–Kier alpha value is -1.63. The summed E-state index contributed by atoms with van der Waals surface area (Å²) in [7, 11) is 0. The van der Waals surface area contributed by atoms with Gasteiger partial charge in [-0.3, -0.25) is 19.8 Å². The Bertz CT molecular complexity index is 604. The van der Waals surface area contributed by atoms with Gasteiger partial charge in [0.1, 0.15) is 0 Å². The van der Waals surface area contributed by atoms with Crippen LogP contribution >= 0.6 is 23.2 Å². The molecule has 1 aliphatic heterocycles. The van der Waals surface area contributed by atoms with E-state index in [0.717, 1.165) is 0 Å². The molecule has 0 saturated carbocycles. The largest absolute Gasteiger partial charge is 0.303 e. The first-order chi connectivity index (χ1) is 9.47. The van der Waals surface area contributed by atoms with E-state index in [1.165, 1.54) is 17.0 Å². The number of amides is 2. The number of carbonyl (C=O) groups is 3. The van der Waals surface area contributed by atoms with Crippen LogP contribution in [0.2, 0.25) is 10.0 Å². The first-order valence-corrected chi connectivity index (χ1v) is 6.56. The summed E-state index contributed by atoms with van der Waals surface area (Å²) < 4.78 is 0. The van der Waals surface area contributed by atoms with E-state index in [1.54, 1.807) is 0 Å². The number of nitrogens with zero attached hydrogens (tertiary/aromatic N) is 1. The first kappa shape index (κ1) is 14.8. The maximum Gasteiger partial charge on any atom is 0.299 e. The quantitative estimate of drug-likeness (QED) is 0.379. The number of ketones is 1. The van der Waals surface area contributed by atoms with Crippen LogP contribution in [0.25, 0.3) is 0 Å². The van der Waals surface area contributed by atoms with Crippen molar-refractivity contribution in [1.82, 2.24) is 5.43 Å². The van der Waals surface area contributed by atoms with E-state index < -0.39 is 11.7 Å². The van der Waals surface area contributed by atoms with Gasteiger partial charge in [0.15, 0.2) is 0 Å². The van der Waals surface area contributed by atoms with Crippen molar-refractivity contribution in [2.75, 3.05) is 11.4 Å². The molecule has 2 rings (SSSR count). The Labute approximate surface area is 124 Å². The van der Waals surface area contributed by atoms with Gasteiger partial charge in [0.25, 0.3) is 11.7 Å². The summed E-state index contributed by atoms with van der Waals surface area (Å²) in [5.41, 5.74) is 2.42. The van der Waals surface area contributed by atoms with Gasteiger partial charge in [-0.1, -0.05) is 23.2 Å². The second kappa shape index (κ2) is 5.78. The average molecular weight is 316 g/mol. The van der Waals surface area contributed by atoms with Crippen LogP contribution in [-0.2, 0) is 9.59 Å². The fraction of sp³-hybridized carbons (Fsp3) is 0.250. The van der Waals surface area contributed by atoms with Gasteiger partial charge in [-0.25, -0.2) is 5.84 Å². The van der Waals surface area contributed by atoms with Crippen LogP contribution in [0.3, 0.4) is 0 Å². The van der Waals surface area contributed by atoms with E-state index >= 15 is 0 Å². The molecule has 0 aromatic heterocycles. The Morgan fingerprint density at radius 3 is 2.55 bits per heavy atom. The number of fused-ring (bicyclic) bond motifs is 1. The molecule has 0 unspecified atom stereocenters. The Kier molecular flexibility index (Phi) is 4.27. The minimum absolute atomic E-state index is 0.118. The summed E-state index contributed by atoms with van der Waals surface area (Å²) in [5.74, 6) is 3.24. The number of hydrogen-bond donors (Lipinski definition) is 2. The number of Topliss-reactive ketones (excluding diaryl/α,β-unsaturated/α-hetero) is 1. The molecule has 0 fully saturated rings. The third kappa shape index (κ3) is 2.49. The van der Waals surface area contributed by atoms with Gasteiger partial charge in [-0.15, -0.1) is 0 Å². The molecule has 20 heavy (non-hydrogen) atoms. The summed E-state index contributed by atoms with van der Waals surface area (Å²) in [6.45, 7) is 0.186. The number of nitrogens with one attached hydrogen (secondary N) is 1. The topological polar surface area (TPSA) is 92.5 Å². The van der Waals surface area contributed by atoms with Crippen molar-refractivity contribution in [3.05, 3.63) is 27.7 Å². The molecule has 0 bridgehead atoms. The van der Waals surface area contributed by atoms with Crippen LogP contribution in [-0.4, -0.2) is 24.1 Å². The van der Waals surface area contributed by atoms with Gasteiger partial charge in [-0.05, 0) is 18.6 Å². The van der Waals surface area contributed by atoms with Gasteiger partial charge >= 0.3 is 0 Å². The van der Waals surface area contributed by atoms with Gasteiger partial charge in [0.2, 0.25) is 5.91 Å². The summed E-state index contributed by atoms with van der Waals surface area (Å²) in [6.07, 6.45) is 0.492. The second-order valence-electron chi connectivity index (χ2n) is 4.21. The lowest BCUT2D eigenvalue weighted by molar-refractivity contribution is -0.121. The van der Waals surface area contributed by atoms with E-state index in [0.29, 0.717) is 12.1 Å². The van der Waals surface area contributed by atoms with Crippen molar-refractivity contribution in [2.24, 2.45) is 5.84 Å². The molecule has 1 heterocycles. The monoisotopic (exact) mass is 315 g/mol. The minimum Gasteiger partial charge on any atom is -0.303 e. The number of nitrogens with two attached hydrogens (primary N) is 1. The highest BCUT2D eigenvalue weighted by Crippen LogP contribution is 2.39. The van der Waals surface area contributed by atoms with E-state index in [4.69, 9.17) is 29.0 Å². The molecule has 6 nitrogen and oxygen atoms in total. The summed E-state index contributed by atoms with van der Waals surface area (Å²) in [4.78, 5) is 36.1. The highest BCUT2D eigenvalue weighted by atomic mass is 35.5. The number of hydrogen-bond acceptors (Lipinski definition) is 4. The summed E-state index contributed by atoms with van der Waals surface area (Å²) in [6, 6.07) is 2.99. The normalized spacial score (nSPS) is 13.7. The van der Waals surface area contributed by atoms with Gasteiger partial charge in [0.05, 0.1) is 21.3 Å². The lowest BCUT2D eigenvalue weighted by Gasteiger charge is -2.17. The summed E-state index contributed by atoms with van der Waals surface area (Å²) >= 11 is 12.0. The van der Waals surface area contributed by atoms with Gasteiger partial charge in [0, 0.05) is 13.0 Å². The predicted octanol–water partition coefficient (Wildman–Crippen LogP) is 1.29. The van der Waals surface area contributed by atoms with Crippen LogP contribution in [0.15, 0.2) is 12.1 Å². The molecule has 3 N–H and O–H groups in total. The second-order valence-corrected chi connectivity index (χ2v) is 5.02. The molecular weight excluding hydrogens is 305 g/mol. The third-order valence-corrected chi connectivity index (χ3v) is 3.58. The Balaban J connectivity index is 2.25. The molecule has 0 radical (unpaired) electrons. The van der Waals surface area contributed by atoms with Crippen molar-refractivity contribution >= 4 is 46.5 Å². The third-order valence-electron chi connectivity index (χ3n) is 2.96. The zero-order chi connectivity index (χ0) is 14.9. The molecule has 0 atom stereocenters. The number of hydrazine groups is 1. The molecule has 0 saturated heterocycles. The summed E-state index contributed by atoms with van der Waals surface area (Å²) in [5, 5.41) is 0.455. The maximum atomic E-state index is 11.9. The van der Waals surface area contributed by atoms with Crippen molar-refractivity contribution in [3.8, 4) is 0 Å². The number of anilines is 1. The minimum atomic E-state index is -0.692. The SMILES string of the molecule is NNC(=O)CCCN1C(=O)C(=O)c2c(Cl)ccc(Cl)c21. The highest BCUT2D eigenvalue weighted by molar-refractivity contribution is 6.56. The fourth-order valence-electron chi connectivity index (χ4n) is 2.04. The number of rotatable bonds is 4. The lowest BCUT2D eigenvalue weighted by atomic mass is 10.1. The van der Waals surface area contributed by atoms with Crippen LogP contribution in [0, 0.1) is 0 Å². The standard InChI is InChI=1S/C12H11Cl2N3O3/c13-6-3-4-7(14)10-9(6)11(19)12(20)17(10)5-1-2-8(18)16-15/h3-4H,1-2,5,15H2,(H,16,18). The highest BCUT2D eigenvalue weighted by Gasteiger charge is 2.38. The van der Waals surface area contributed by atoms with Crippen molar-refractivity contribution in [2.45, 2.75) is 12.8 Å². The van der Waals surface area contributed by atoms with Crippen molar-refractivity contribution in [1.29, 1.82) is 0 Å². The number of halogens is 2. The molecule has 1 aliphatic rings. The number of carbonyl (C=O) groups excluding carboxylic acids is 3. The molecular formula is C12H11Cl2N3O3. The van der Waals surface area contributed by atoms with E-state index in [9.17, 15) is 14.4 Å². The Morgan fingerprint density at radius 2 is 1.90 bits per heavy atom. The smallest absolute Gasteiger partial charge is 0.299 e. The van der Waals surface area contributed by atoms with Crippen LogP contribution in [0.5, 0.6) is 0 Å². The molecule has 0 aliphatic carbocycles. The average Bonchev–Trinajstić information content (AvgIpc) is 2.68. The van der Waals surface area contributed by atoms with Crippen molar-refractivity contribution in [3.63, 3.8) is 0 Å². The predicted molar refractivity (Wildman–Crippen MR) is 74.7 cm³/mol. The lowest BCUT2D eigenvalue weighted by Crippen LogP contribution is -2.33. The van der Waals surface area contributed by atoms with E-state index in [2.05, 4.69) is 0 Å². The molecule has 8 heteroatoms. The molecule has 1 aromatic carbocycles. The molecule has 1 aromatic rings. The Morgan fingerprint density at radius 1 is 1.25 bits per heavy atom. The van der Waals surface area contributed by atoms with Crippen LogP contribution in [0.1, 0.15) is 23.2 Å². The van der Waals surface area contributed by atoms with Crippen LogP contribution < -0.4 is 16.2 Å². The first-order valence-electron chi connectivity index (χ1n) is 5.81. The molecule has 106 valence electrons. The molecule has 2 amide bonds. The fourth-order valence-corrected chi connectivity index (χ4v) is 2.53. The van der Waals surface area contributed by atoms with Crippen LogP contribution in [0.4, 0.5) is 5.69 Å². The van der Waals surface area contributed by atoms with Crippen molar-refractivity contribution < 1.29 is 14.4 Å². The zero-order valence-corrected chi connectivity index (χ0v) is 11.8. The van der Waals surface area contributed by atoms with Gasteiger partial charge in [-0.2, -0.15) is 0 Å². The molecule has 0 spiro atoms. The van der Waals surface area contributed by atoms with E-state index in [-0.39, 0.29) is 34.5 Å². The zero-order valence-electron chi connectivity index (χ0n) is 10.3. The van der Waals surface area contributed by atoms with Gasteiger partial charge < -0.3 is 4.90 Å². The van der Waals surface area contributed by atoms with E-state index in [1.807, 2.05) is 5.43 Å².